The summed E-state index contributed by atoms with van der Waals surface area (Å²) >= 11 is 0. The molecule has 1 heterocycles. The third kappa shape index (κ3) is 2.69. The standard InChI is InChI=1S/C13H18N2O4S/c1-10-6-7-12(15(16)17)9-13(10)20(18,19)14-8-4-3-5-11(14)2/h6-7,9,11H,3-5,8H2,1-2H3/t11-/m1/s1. The molecule has 0 N–H and O–H groups in total. The Labute approximate surface area is 118 Å². The van der Waals surface area contributed by atoms with E-state index < -0.39 is 14.9 Å². The van der Waals surface area contributed by atoms with Crippen LogP contribution in [-0.4, -0.2) is 30.2 Å². The van der Waals surface area contributed by atoms with Crippen LogP contribution in [0.15, 0.2) is 23.1 Å². The van der Waals surface area contributed by atoms with Crippen molar-refractivity contribution < 1.29 is 13.3 Å². The molecule has 7 heteroatoms. The van der Waals surface area contributed by atoms with Gasteiger partial charge in [0.2, 0.25) is 10.0 Å². The molecule has 1 saturated heterocycles. The van der Waals surface area contributed by atoms with Crippen LogP contribution in [0.2, 0.25) is 0 Å². The summed E-state index contributed by atoms with van der Waals surface area (Å²) in [5, 5.41) is 10.8. The summed E-state index contributed by atoms with van der Waals surface area (Å²) in [6, 6.07) is 3.91. The first-order chi connectivity index (χ1) is 9.34. The second-order valence-corrected chi connectivity index (χ2v) is 7.03. The zero-order valence-corrected chi connectivity index (χ0v) is 12.4. The van der Waals surface area contributed by atoms with Crippen LogP contribution in [-0.2, 0) is 10.0 Å². The summed E-state index contributed by atoms with van der Waals surface area (Å²) in [7, 11) is -3.67. The molecule has 1 aromatic carbocycles. The van der Waals surface area contributed by atoms with Gasteiger partial charge in [0, 0.05) is 24.7 Å². The highest BCUT2D eigenvalue weighted by molar-refractivity contribution is 7.89. The Balaban J connectivity index is 2.48. The second kappa shape index (κ2) is 5.49. The van der Waals surface area contributed by atoms with E-state index in [1.54, 1.807) is 6.92 Å². The van der Waals surface area contributed by atoms with Crippen molar-refractivity contribution in [3.8, 4) is 0 Å². The van der Waals surface area contributed by atoms with E-state index in [0.717, 1.165) is 25.3 Å². The van der Waals surface area contributed by atoms with Crippen LogP contribution in [0.1, 0.15) is 31.7 Å². The molecule has 0 bridgehead atoms. The SMILES string of the molecule is Cc1ccc([N+](=O)[O-])cc1S(=O)(=O)N1CCCC[C@H]1C. The zero-order valence-electron chi connectivity index (χ0n) is 11.6. The van der Waals surface area contributed by atoms with Crippen molar-refractivity contribution in [2.24, 2.45) is 0 Å². The fourth-order valence-corrected chi connectivity index (χ4v) is 4.48. The minimum Gasteiger partial charge on any atom is -0.258 e. The summed E-state index contributed by atoms with van der Waals surface area (Å²) in [5.41, 5.74) is 0.340. The smallest absolute Gasteiger partial charge is 0.258 e. The molecule has 0 aliphatic carbocycles. The molecule has 0 amide bonds. The van der Waals surface area contributed by atoms with Crippen LogP contribution < -0.4 is 0 Å². The predicted molar refractivity (Wildman–Crippen MR) is 75.0 cm³/mol. The maximum Gasteiger partial charge on any atom is 0.270 e. The van der Waals surface area contributed by atoms with Gasteiger partial charge in [0.1, 0.15) is 0 Å². The Kier molecular flexibility index (Phi) is 4.10. The van der Waals surface area contributed by atoms with Gasteiger partial charge in [0.15, 0.2) is 0 Å². The van der Waals surface area contributed by atoms with E-state index in [4.69, 9.17) is 0 Å². The van der Waals surface area contributed by atoms with Gasteiger partial charge < -0.3 is 0 Å². The summed E-state index contributed by atoms with van der Waals surface area (Å²) in [6.45, 7) is 4.01. The number of benzene rings is 1. The lowest BCUT2D eigenvalue weighted by Crippen LogP contribution is -2.42. The molecule has 2 rings (SSSR count). The van der Waals surface area contributed by atoms with Gasteiger partial charge in [-0.2, -0.15) is 4.31 Å². The molecule has 1 aromatic rings. The van der Waals surface area contributed by atoms with Gasteiger partial charge in [0.25, 0.3) is 5.69 Å². The van der Waals surface area contributed by atoms with Crippen molar-refractivity contribution >= 4 is 15.7 Å². The Morgan fingerprint density at radius 2 is 2.05 bits per heavy atom. The summed E-state index contributed by atoms with van der Waals surface area (Å²) < 4.78 is 26.9. The number of rotatable bonds is 3. The predicted octanol–water partition coefficient (Wildman–Crippen LogP) is 2.47. The molecule has 0 radical (unpaired) electrons. The molecular formula is C13H18N2O4S. The van der Waals surface area contributed by atoms with Crippen LogP contribution >= 0.6 is 0 Å². The number of nitro groups is 1. The summed E-state index contributed by atoms with van der Waals surface area (Å²) in [4.78, 5) is 10.3. The normalized spacial score (nSPS) is 20.8. The Morgan fingerprint density at radius 3 is 2.65 bits per heavy atom. The van der Waals surface area contributed by atoms with Crippen LogP contribution in [0.3, 0.4) is 0 Å². The Hall–Kier alpha value is -1.47. The topological polar surface area (TPSA) is 80.5 Å². The van der Waals surface area contributed by atoms with Gasteiger partial charge in [-0.3, -0.25) is 10.1 Å². The number of aryl methyl sites for hydroxylation is 1. The largest absolute Gasteiger partial charge is 0.270 e. The molecule has 0 spiro atoms. The molecule has 0 unspecified atom stereocenters. The number of non-ortho nitro benzene ring substituents is 1. The average Bonchev–Trinajstić information content (AvgIpc) is 2.39. The van der Waals surface area contributed by atoms with E-state index in [-0.39, 0.29) is 16.6 Å². The van der Waals surface area contributed by atoms with E-state index in [9.17, 15) is 18.5 Å². The van der Waals surface area contributed by atoms with Crippen molar-refractivity contribution in [3.05, 3.63) is 33.9 Å². The van der Waals surface area contributed by atoms with E-state index >= 15 is 0 Å². The number of sulfonamides is 1. The molecule has 1 aliphatic heterocycles. The van der Waals surface area contributed by atoms with Crippen molar-refractivity contribution in [1.82, 2.24) is 4.31 Å². The van der Waals surface area contributed by atoms with Gasteiger partial charge in [-0.25, -0.2) is 8.42 Å². The minimum atomic E-state index is -3.67. The van der Waals surface area contributed by atoms with Crippen molar-refractivity contribution in [2.75, 3.05) is 6.54 Å². The monoisotopic (exact) mass is 298 g/mol. The van der Waals surface area contributed by atoms with Crippen molar-refractivity contribution in [3.63, 3.8) is 0 Å². The van der Waals surface area contributed by atoms with Crippen LogP contribution in [0.5, 0.6) is 0 Å². The molecule has 110 valence electrons. The zero-order chi connectivity index (χ0) is 14.9. The third-order valence-electron chi connectivity index (χ3n) is 3.71. The summed E-state index contributed by atoms with van der Waals surface area (Å²) in [5.74, 6) is 0. The molecular weight excluding hydrogens is 280 g/mol. The maximum atomic E-state index is 12.7. The average molecular weight is 298 g/mol. The molecule has 1 fully saturated rings. The molecule has 6 nitrogen and oxygen atoms in total. The summed E-state index contributed by atoms with van der Waals surface area (Å²) in [6.07, 6.45) is 2.67. The van der Waals surface area contributed by atoms with E-state index in [1.165, 1.54) is 16.4 Å². The molecule has 0 saturated carbocycles. The molecule has 1 atom stereocenters. The third-order valence-corrected chi connectivity index (χ3v) is 5.87. The van der Waals surface area contributed by atoms with Gasteiger partial charge in [-0.05, 0) is 32.3 Å². The van der Waals surface area contributed by atoms with Crippen molar-refractivity contribution in [1.29, 1.82) is 0 Å². The van der Waals surface area contributed by atoms with E-state index in [1.807, 2.05) is 6.92 Å². The first kappa shape index (κ1) is 14.9. The lowest BCUT2D eigenvalue weighted by molar-refractivity contribution is -0.385. The number of hydrogen-bond donors (Lipinski definition) is 0. The Morgan fingerprint density at radius 1 is 1.35 bits per heavy atom. The number of nitrogens with zero attached hydrogens (tertiary/aromatic N) is 2. The highest BCUT2D eigenvalue weighted by Gasteiger charge is 2.32. The fourth-order valence-electron chi connectivity index (χ4n) is 2.54. The first-order valence-corrected chi connectivity index (χ1v) is 8.05. The van der Waals surface area contributed by atoms with Gasteiger partial charge in [0.05, 0.1) is 9.82 Å². The lowest BCUT2D eigenvalue weighted by Gasteiger charge is -2.32. The number of hydrogen-bond acceptors (Lipinski definition) is 4. The van der Waals surface area contributed by atoms with E-state index in [2.05, 4.69) is 0 Å². The quantitative estimate of drug-likeness (QED) is 0.634. The highest BCUT2D eigenvalue weighted by Crippen LogP contribution is 2.29. The van der Waals surface area contributed by atoms with Gasteiger partial charge >= 0.3 is 0 Å². The highest BCUT2D eigenvalue weighted by atomic mass is 32.2. The van der Waals surface area contributed by atoms with Crippen molar-refractivity contribution in [2.45, 2.75) is 44.0 Å². The molecule has 1 aliphatic rings. The second-order valence-electron chi connectivity index (χ2n) is 5.17. The van der Waals surface area contributed by atoms with E-state index in [0.29, 0.717) is 12.1 Å². The minimum absolute atomic E-state index is 0.0421. The van der Waals surface area contributed by atoms with Gasteiger partial charge in [-0.15, -0.1) is 0 Å². The lowest BCUT2D eigenvalue weighted by atomic mass is 10.1. The number of nitro benzene ring substituents is 1. The van der Waals surface area contributed by atoms with Gasteiger partial charge in [-0.1, -0.05) is 12.5 Å². The van der Waals surface area contributed by atoms with Crippen LogP contribution in [0.4, 0.5) is 5.69 Å². The fraction of sp³-hybridized carbons (Fsp3) is 0.538. The maximum absolute atomic E-state index is 12.7. The molecule has 20 heavy (non-hydrogen) atoms. The van der Waals surface area contributed by atoms with Crippen LogP contribution in [0, 0.1) is 17.0 Å². The molecule has 0 aromatic heterocycles. The first-order valence-electron chi connectivity index (χ1n) is 6.61. The van der Waals surface area contributed by atoms with Crippen LogP contribution in [0.25, 0.3) is 0 Å². The number of piperidine rings is 1. The Bertz CT molecular complexity index is 627.